The number of carboxylic acid groups (broad SMARTS) is 1. The molecule has 34 heavy (non-hydrogen) atoms. The van der Waals surface area contributed by atoms with Gasteiger partial charge in [-0.05, 0) is 19.3 Å². The minimum absolute atomic E-state index is 0.0301. The molecule has 5 N–H and O–H groups in total. The van der Waals surface area contributed by atoms with E-state index in [2.05, 4.69) is 32.2 Å². The van der Waals surface area contributed by atoms with E-state index in [-0.39, 0.29) is 16.7 Å². The summed E-state index contributed by atoms with van der Waals surface area (Å²) in [6, 6.07) is -0.971. The number of nitrogens with one attached hydrogen (secondary N) is 1. The topological polar surface area (TPSA) is 171 Å². The number of aliphatic carboxylic acids is 1. The number of nitrogens with two attached hydrogens (primary N) is 1. The van der Waals surface area contributed by atoms with Crippen molar-refractivity contribution in [3.05, 3.63) is 40.6 Å². The zero-order chi connectivity index (χ0) is 24.2. The molecule has 12 nitrogen and oxygen atoms in total. The molecule has 5 rings (SSSR count). The molecule has 2 fully saturated rings. The first kappa shape index (κ1) is 22.6. The lowest BCUT2D eigenvalue weighted by molar-refractivity contribution is -0.799. The minimum Gasteiger partial charge on any atom is -0.477 e. The van der Waals surface area contributed by atoms with Gasteiger partial charge in [0, 0.05) is 34.0 Å². The fraction of sp³-hybridized carbons (Fsp3) is 0.400. The molecule has 0 unspecified atom stereocenters. The zero-order valence-corrected chi connectivity index (χ0v) is 19.7. The monoisotopic (exact) mass is 504 g/mol. The van der Waals surface area contributed by atoms with Gasteiger partial charge in [-0.15, -0.1) is 11.8 Å². The lowest BCUT2D eigenvalue weighted by Gasteiger charge is -2.49. The van der Waals surface area contributed by atoms with Crippen LogP contribution < -0.4 is 11.1 Å². The van der Waals surface area contributed by atoms with Crippen LogP contribution in [0.4, 0.5) is 5.13 Å². The van der Waals surface area contributed by atoms with Crippen LogP contribution in [0.25, 0.3) is 0 Å². The molecule has 0 radical (unpaired) electrons. The smallest absolute Gasteiger partial charge is 0.352 e. The summed E-state index contributed by atoms with van der Waals surface area (Å²) in [5.41, 5.74) is 8.32. The number of oxime groups is 1. The molecule has 4 aliphatic rings. The number of hydrogen-bond donors (Lipinski definition) is 4. The van der Waals surface area contributed by atoms with Crippen LogP contribution in [0.5, 0.6) is 0 Å². The van der Waals surface area contributed by atoms with Crippen LogP contribution in [0.15, 0.2) is 40.0 Å². The average molecular weight is 505 g/mol. The highest BCUT2D eigenvalue weighted by molar-refractivity contribution is 8.00. The van der Waals surface area contributed by atoms with Crippen molar-refractivity contribution in [1.82, 2.24) is 19.6 Å². The number of carbonyl (C=O) groups is 3. The Kier molecular flexibility index (Phi) is 5.45. The highest BCUT2D eigenvalue weighted by Gasteiger charge is 2.55. The van der Waals surface area contributed by atoms with Crippen LogP contribution in [0.3, 0.4) is 0 Å². The Morgan fingerprint density at radius 1 is 1.35 bits per heavy atom. The molecule has 2 atom stereocenters. The number of carboxylic acids is 1. The van der Waals surface area contributed by atoms with Crippen LogP contribution in [0.1, 0.15) is 25.1 Å². The molecular weight excluding hydrogens is 482 g/mol. The highest BCUT2D eigenvalue weighted by Crippen LogP contribution is 2.43. The predicted octanol–water partition coefficient (Wildman–Crippen LogP) is 0.449. The molecule has 1 saturated heterocycles. The number of anilines is 1. The van der Waals surface area contributed by atoms with Gasteiger partial charge < -0.3 is 21.4 Å². The Hall–Kier alpha value is -3.23. The minimum atomic E-state index is -1.18. The van der Waals surface area contributed by atoms with Gasteiger partial charge in [0.15, 0.2) is 5.13 Å². The Labute approximate surface area is 202 Å². The van der Waals surface area contributed by atoms with Crippen LogP contribution in [0, 0.1) is 0 Å². The second kappa shape index (κ2) is 8.21. The van der Waals surface area contributed by atoms with E-state index in [1.807, 2.05) is 7.05 Å². The summed E-state index contributed by atoms with van der Waals surface area (Å²) in [5.74, 6) is -2.32. The number of amides is 2. The molecule has 1 aromatic heterocycles. The van der Waals surface area contributed by atoms with E-state index in [9.17, 15) is 24.7 Å². The maximum absolute atomic E-state index is 12.9. The van der Waals surface area contributed by atoms with Crippen molar-refractivity contribution < 1.29 is 29.2 Å². The van der Waals surface area contributed by atoms with Crippen molar-refractivity contribution in [3.8, 4) is 0 Å². The summed E-state index contributed by atoms with van der Waals surface area (Å²) in [6.45, 7) is 0.452. The molecule has 2 amide bonds. The lowest BCUT2D eigenvalue weighted by Crippen LogP contribution is -2.71. The van der Waals surface area contributed by atoms with Gasteiger partial charge in [-0.3, -0.25) is 19.0 Å². The number of nitrogens with zero attached hydrogens (tertiary/aromatic N) is 5. The van der Waals surface area contributed by atoms with Crippen molar-refractivity contribution >= 4 is 51.9 Å². The molecule has 1 aliphatic carbocycles. The Morgan fingerprint density at radius 2 is 2.06 bits per heavy atom. The second-order valence-electron chi connectivity index (χ2n) is 8.69. The number of hydrogen-bond acceptors (Lipinski definition) is 10. The van der Waals surface area contributed by atoms with E-state index in [1.54, 1.807) is 0 Å². The van der Waals surface area contributed by atoms with E-state index in [1.165, 1.54) is 27.8 Å². The highest BCUT2D eigenvalue weighted by atomic mass is 32.2. The molecule has 4 heterocycles. The number of likely N-dealkylation sites (N-methyl/N-ethyl adjacent to an activating group) is 1. The van der Waals surface area contributed by atoms with Crippen molar-refractivity contribution in [2.24, 2.45) is 5.16 Å². The number of nitrogen functional groups attached to an aromatic ring is 1. The van der Waals surface area contributed by atoms with Gasteiger partial charge in [0.2, 0.25) is 11.5 Å². The SMILES string of the molecule is C[N+]1(CC2=C(C(=O)O)N3C(=O)[C@@H](NC(=O)/C(=N\O)c4nsc(N)n4)[C@H]3SC2)C=C2CCCC2=C1. The van der Waals surface area contributed by atoms with E-state index in [0.29, 0.717) is 22.4 Å². The van der Waals surface area contributed by atoms with Crippen molar-refractivity contribution in [3.63, 3.8) is 0 Å². The quantitative estimate of drug-likeness (QED) is 0.141. The molecule has 1 saturated carbocycles. The molecule has 1 aromatic rings. The molecule has 0 aromatic carbocycles. The summed E-state index contributed by atoms with van der Waals surface area (Å²) in [6.07, 6.45) is 7.55. The molecule has 3 aliphatic heterocycles. The van der Waals surface area contributed by atoms with Gasteiger partial charge in [0.1, 0.15) is 36.1 Å². The molecule has 178 valence electrons. The first-order valence-corrected chi connectivity index (χ1v) is 12.3. The number of carbonyl (C=O) groups excluding carboxylic acids is 2. The largest absolute Gasteiger partial charge is 0.477 e. The zero-order valence-electron chi connectivity index (χ0n) is 18.1. The van der Waals surface area contributed by atoms with Crippen LogP contribution in [-0.2, 0) is 14.4 Å². The third-order valence-electron chi connectivity index (χ3n) is 6.24. The van der Waals surface area contributed by atoms with Gasteiger partial charge >= 0.3 is 5.97 Å². The van der Waals surface area contributed by atoms with Gasteiger partial charge in [0.05, 0.1) is 7.05 Å². The van der Waals surface area contributed by atoms with Crippen molar-refractivity contribution in [2.45, 2.75) is 30.7 Å². The predicted molar refractivity (Wildman–Crippen MR) is 123 cm³/mol. The molecule has 0 bridgehead atoms. The van der Waals surface area contributed by atoms with E-state index in [0.717, 1.165) is 30.8 Å². The lowest BCUT2D eigenvalue weighted by atomic mass is 10.0. The van der Waals surface area contributed by atoms with Crippen LogP contribution >= 0.6 is 23.3 Å². The number of quaternary nitrogens is 1. The maximum Gasteiger partial charge on any atom is 0.352 e. The number of fused-ring (bicyclic) bond motifs is 2. The number of thioether (sulfide) groups is 1. The Bertz CT molecular complexity index is 1210. The van der Waals surface area contributed by atoms with Gasteiger partial charge in [0.25, 0.3) is 11.8 Å². The number of β-lactam (4-membered cyclic amide) rings is 1. The Morgan fingerprint density at radius 3 is 2.65 bits per heavy atom. The number of allylic oxidation sites excluding steroid dienone is 2. The fourth-order valence-corrected chi connectivity index (χ4v) is 6.64. The third-order valence-corrected chi connectivity index (χ3v) is 8.12. The number of aromatic nitrogens is 2. The summed E-state index contributed by atoms with van der Waals surface area (Å²) in [4.78, 5) is 42.8. The average Bonchev–Trinajstić information content (AvgIpc) is 3.47. The van der Waals surface area contributed by atoms with E-state index in [4.69, 9.17) is 5.73 Å². The molecular formula is C20H22N7O5S2+. The first-order chi connectivity index (χ1) is 16.2. The summed E-state index contributed by atoms with van der Waals surface area (Å²) in [5, 5.41) is 24.1. The summed E-state index contributed by atoms with van der Waals surface area (Å²) < 4.78 is 4.31. The van der Waals surface area contributed by atoms with E-state index < -0.39 is 34.9 Å². The first-order valence-electron chi connectivity index (χ1n) is 10.5. The molecule has 0 spiro atoms. The standard InChI is InChI=1S/C20H21N7O5S2/c1-27(5-9-3-2-4-10(9)6-27)7-11-8-33-18-13(17(29)26(18)14(11)19(30)31)22-16(28)12(24-32)15-23-20(21)34-25-15/h5-6,13,18H,2-4,7-8H2,1H3,(H4-,21,22,23,25,28,30,31,32)/p+1/t13-,18-/m1/s1. The van der Waals surface area contributed by atoms with Gasteiger partial charge in [-0.25, -0.2) is 4.79 Å². The second-order valence-corrected chi connectivity index (χ2v) is 10.6. The maximum atomic E-state index is 12.9. The van der Waals surface area contributed by atoms with Gasteiger partial charge in [-0.1, -0.05) is 5.16 Å². The van der Waals surface area contributed by atoms with Crippen molar-refractivity contribution in [1.29, 1.82) is 0 Å². The fourth-order valence-electron chi connectivity index (χ4n) is 4.87. The molecule has 14 heteroatoms. The summed E-state index contributed by atoms with van der Waals surface area (Å²) in [7, 11) is 2.03. The summed E-state index contributed by atoms with van der Waals surface area (Å²) >= 11 is 2.21. The van der Waals surface area contributed by atoms with Crippen LogP contribution in [0.2, 0.25) is 0 Å². The number of rotatable bonds is 6. The van der Waals surface area contributed by atoms with E-state index >= 15 is 0 Å². The third kappa shape index (κ3) is 3.67. The van der Waals surface area contributed by atoms with Crippen molar-refractivity contribution in [2.75, 3.05) is 25.1 Å². The Balaban J connectivity index is 1.34. The normalized spacial score (nSPS) is 25.4. The van der Waals surface area contributed by atoms with Gasteiger partial charge in [-0.2, -0.15) is 9.36 Å². The van der Waals surface area contributed by atoms with Crippen LogP contribution in [-0.4, -0.2) is 83.3 Å².